The third kappa shape index (κ3) is 3.71. The lowest BCUT2D eigenvalue weighted by molar-refractivity contribution is -0.124. The summed E-state index contributed by atoms with van der Waals surface area (Å²) in [6.45, 7) is 5.14. The van der Waals surface area contributed by atoms with Crippen LogP contribution in [-0.2, 0) is 4.79 Å². The van der Waals surface area contributed by atoms with E-state index in [0.29, 0.717) is 18.9 Å². The molecule has 27 heavy (non-hydrogen) atoms. The summed E-state index contributed by atoms with van der Waals surface area (Å²) in [5, 5.41) is 6.53. The smallest absolute Gasteiger partial charge is 0.238 e. The van der Waals surface area contributed by atoms with Gasteiger partial charge >= 0.3 is 0 Å². The fourth-order valence-corrected chi connectivity index (χ4v) is 4.38. The van der Waals surface area contributed by atoms with Gasteiger partial charge < -0.3 is 25.0 Å². The van der Waals surface area contributed by atoms with E-state index in [4.69, 9.17) is 9.47 Å². The second-order valence-electron chi connectivity index (χ2n) is 8.04. The molecule has 2 saturated heterocycles. The van der Waals surface area contributed by atoms with Crippen molar-refractivity contribution < 1.29 is 14.3 Å². The molecule has 0 bridgehead atoms. The van der Waals surface area contributed by atoms with Crippen molar-refractivity contribution in [3.63, 3.8) is 0 Å². The molecule has 3 heterocycles. The number of carbonyl (C=O) groups is 1. The molecular formula is C20H28N4O3. The van der Waals surface area contributed by atoms with Crippen LogP contribution >= 0.6 is 0 Å². The zero-order valence-electron chi connectivity index (χ0n) is 15.7. The molecule has 1 saturated carbocycles. The van der Waals surface area contributed by atoms with Crippen LogP contribution in [0.3, 0.4) is 0 Å². The van der Waals surface area contributed by atoms with Crippen LogP contribution in [0.4, 0.5) is 5.69 Å². The van der Waals surface area contributed by atoms with Crippen LogP contribution in [0.5, 0.6) is 11.5 Å². The molecule has 1 amide bonds. The maximum absolute atomic E-state index is 12.4. The van der Waals surface area contributed by atoms with Crippen molar-refractivity contribution in [2.24, 2.45) is 0 Å². The Balaban J connectivity index is 1.16. The molecule has 4 aliphatic rings. The van der Waals surface area contributed by atoms with Crippen LogP contribution in [0, 0.1) is 0 Å². The van der Waals surface area contributed by atoms with Crippen LogP contribution < -0.4 is 25.0 Å². The van der Waals surface area contributed by atoms with Gasteiger partial charge in [0.15, 0.2) is 11.5 Å². The van der Waals surface area contributed by atoms with Gasteiger partial charge in [-0.25, -0.2) is 0 Å². The molecule has 0 unspecified atom stereocenters. The first kappa shape index (κ1) is 17.1. The van der Waals surface area contributed by atoms with Crippen molar-refractivity contribution in [3.05, 3.63) is 18.2 Å². The van der Waals surface area contributed by atoms with Crippen LogP contribution in [-0.4, -0.2) is 68.4 Å². The Labute approximate surface area is 160 Å². The molecule has 0 radical (unpaired) electrons. The van der Waals surface area contributed by atoms with Gasteiger partial charge in [-0.15, -0.1) is 0 Å². The number of nitrogens with one attached hydrogen (secondary N) is 2. The molecule has 0 spiro atoms. The number of rotatable bonds is 4. The van der Waals surface area contributed by atoms with Gasteiger partial charge in [0.25, 0.3) is 0 Å². The van der Waals surface area contributed by atoms with E-state index < -0.39 is 0 Å². The van der Waals surface area contributed by atoms with E-state index in [1.54, 1.807) is 0 Å². The van der Waals surface area contributed by atoms with Crippen LogP contribution in [0.25, 0.3) is 0 Å². The van der Waals surface area contributed by atoms with Gasteiger partial charge in [0.1, 0.15) is 0 Å². The minimum Gasteiger partial charge on any atom is -0.454 e. The maximum Gasteiger partial charge on any atom is 0.238 e. The first-order valence-electron chi connectivity index (χ1n) is 10.2. The van der Waals surface area contributed by atoms with Crippen LogP contribution in [0.2, 0.25) is 0 Å². The highest BCUT2D eigenvalue weighted by atomic mass is 16.7. The second-order valence-corrected chi connectivity index (χ2v) is 8.04. The molecule has 0 aromatic heterocycles. The molecule has 7 heteroatoms. The van der Waals surface area contributed by atoms with Crippen molar-refractivity contribution in [2.45, 2.75) is 43.8 Å². The summed E-state index contributed by atoms with van der Waals surface area (Å²) >= 11 is 0. The zero-order chi connectivity index (χ0) is 18.2. The standard InChI is InChI=1S/C20H28N4O3/c25-20(22-14-1-2-14)17-12-24(10-7-21-17)15-5-8-23(9-6-15)16-3-4-18-19(11-16)27-13-26-18/h3-4,11,14-15,17,21H,1-2,5-10,12-13H2,(H,22,25)/t17-/m1/s1. The molecule has 1 atom stereocenters. The summed E-state index contributed by atoms with van der Waals surface area (Å²) < 4.78 is 10.9. The number of hydrogen-bond acceptors (Lipinski definition) is 6. The zero-order valence-corrected chi connectivity index (χ0v) is 15.7. The van der Waals surface area contributed by atoms with E-state index in [0.717, 1.165) is 69.9 Å². The fraction of sp³-hybridized carbons (Fsp3) is 0.650. The lowest BCUT2D eigenvalue weighted by atomic mass is 10.0. The normalized spacial score (nSPS) is 26.2. The summed E-state index contributed by atoms with van der Waals surface area (Å²) in [6.07, 6.45) is 4.54. The quantitative estimate of drug-likeness (QED) is 0.820. The topological polar surface area (TPSA) is 66.1 Å². The summed E-state index contributed by atoms with van der Waals surface area (Å²) in [4.78, 5) is 17.3. The summed E-state index contributed by atoms with van der Waals surface area (Å²) in [6, 6.07) is 7.14. The molecule has 1 aromatic rings. The Morgan fingerprint density at radius 1 is 1.07 bits per heavy atom. The number of fused-ring (bicyclic) bond motifs is 1. The van der Waals surface area contributed by atoms with Crippen LogP contribution in [0.15, 0.2) is 18.2 Å². The summed E-state index contributed by atoms with van der Waals surface area (Å²) in [7, 11) is 0. The number of benzene rings is 1. The first-order valence-corrected chi connectivity index (χ1v) is 10.2. The number of carbonyl (C=O) groups excluding carboxylic acids is 1. The number of piperazine rings is 1. The highest BCUT2D eigenvalue weighted by molar-refractivity contribution is 5.82. The average molecular weight is 372 g/mol. The molecule has 2 N–H and O–H groups in total. The third-order valence-electron chi connectivity index (χ3n) is 6.15. The van der Waals surface area contributed by atoms with Gasteiger partial charge in [-0.2, -0.15) is 0 Å². The number of ether oxygens (including phenoxy) is 2. The highest BCUT2D eigenvalue weighted by Crippen LogP contribution is 2.36. The highest BCUT2D eigenvalue weighted by Gasteiger charge is 2.33. The van der Waals surface area contributed by atoms with E-state index in [9.17, 15) is 4.79 Å². The van der Waals surface area contributed by atoms with E-state index in [2.05, 4.69) is 32.6 Å². The summed E-state index contributed by atoms with van der Waals surface area (Å²) in [5.41, 5.74) is 1.21. The first-order chi connectivity index (χ1) is 13.3. The van der Waals surface area contributed by atoms with Gasteiger partial charge in [-0.3, -0.25) is 9.69 Å². The van der Waals surface area contributed by atoms with Gasteiger partial charge in [0, 0.05) is 56.6 Å². The molecule has 7 nitrogen and oxygen atoms in total. The Morgan fingerprint density at radius 2 is 1.89 bits per heavy atom. The lowest BCUT2D eigenvalue weighted by Crippen LogP contribution is -2.60. The molecular weight excluding hydrogens is 344 g/mol. The van der Waals surface area contributed by atoms with Crippen molar-refractivity contribution >= 4 is 11.6 Å². The number of anilines is 1. The predicted molar refractivity (Wildman–Crippen MR) is 102 cm³/mol. The maximum atomic E-state index is 12.4. The van der Waals surface area contributed by atoms with Crippen LogP contribution in [0.1, 0.15) is 25.7 Å². The minimum atomic E-state index is -0.0637. The second kappa shape index (κ2) is 7.20. The van der Waals surface area contributed by atoms with Gasteiger partial charge in [-0.1, -0.05) is 0 Å². The number of piperidine rings is 1. The Morgan fingerprint density at radius 3 is 2.70 bits per heavy atom. The van der Waals surface area contributed by atoms with Gasteiger partial charge in [0.05, 0.1) is 6.04 Å². The fourth-order valence-electron chi connectivity index (χ4n) is 4.38. The SMILES string of the molecule is O=C(NC1CC1)[C@H]1CN(C2CCN(c3ccc4c(c3)OCO4)CC2)CCN1. The van der Waals surface area contributed by atoms with Crippen molar-refractivity contribution in [3.8, 4) is 11.5 Å². The number of hydrogen-bond donors (Lipinski definition) is 2. The largest absolute Gasteiger partial charge is 0.454 e. The van der Waals surface area contributed by atoms with Crippen molar-refractivity contribution in [1.82, 2.24) is 15.5 Å². The third-order valence-corrected chi connectivity index (χ3v) is 6.15. The molecule has 1 aliphatic carbocycles. The number of nitrogens with zero attached hydrogens (tertiary/aromatic N) is 2. The summed E-state index contributed by atoms with van der Waals surface area (Å²) in [5.74, 6) is 1.87. The van der Waals surface area contributed by atoms with Gasteiger partial charge in [-0.05, 0) is 37.8 Å². The van der Waals surface area contributed by atoms with E-state index >= 15 is 0 Å². The molecule has 5 rings (SSSR count). The van der Waals surface area contributed by atoms with Crippen molar-refractivity contribution in [2.75, 3.05) is 44.4 Å². The Hall–Kier alpha value is -1.99. The predicted octanol–water partition coefficient (Wildman–Crippen LogP) is 0.936. The molecule has 1 aromatic carbocycles. The Bertz CT molecular complexity index is 700. The lowest BCUT2D eigenvalue weighted by Gasteiger charge is -2.42. The molecule has 146 valence electrons. The minimum absolute atomic E-state index is 0.0637. The van der Waals surface area contributed by atoms with E-state index in [1.807, 2.05) is 6.07 Å². The average Bonchev–Trinajstić information content (AvgIpc) is 3.40. The monoisotopic (exact) mass is 372 g/mol. The molecule has 3 aliphatic heterocycles. The van der Waals surface area contributed by atoms with E-state index in [-0.39, 0.29) is 11.9 Å². The van der Waals surface area contributed by atoms with E-state index in [1.165, 1.54) is 5.69 Å². The van der Waals surface area contributed by atoms with Gasteiger partial charge in [0.2, 0.25) is 12.7 Å². The molecule has 3 fully saturated rings. The Kier molecular flexibility index (Phi) is 4.57. The number of amides is 1. The van der Waals surface area contributed by atoms with Crippen molar-refractivity contribution in [1.29, 1.82) is 0 Å².